The quantitative estimate of drug-likeness (QED) is 0.508. The third-order valence-corrected chi connectivity index (χ3v) is 6.09. The van der Waals surface area contributed by atoms with Crippen LogP contribution >= 0.6 is 0 Å². The van der Waals surface area contributed by atoms with E-state index in [4.69, 9.17) is 11.5 Å². The number of hydrogen-bond donors (Lipinski definition) is 2. The summed E-state index contributed by atoms with van der Waals surface area (Å²) in [6.45, 7) is 2.88. The molecule has 0 aliphatic carbocycles. The summed E-state index contributed by atoms with van der Waals surface area (Å²) in [5.74, 6) is 0.0852. The average Bonchev–Trinajstić information content (AvgIpc) is 3.23. The Balaban J connectivity index is 1.83. The molecule has 0 radical (unpaired) electrons. The number of Topliss-reactive ketones (excluding diaryl/α,β-unsaturated/α-hetero) is 1. The van der Waals surface area contributed by atoms with Gasteiger partial charge >= 0.3 is 5.69 Å². The zero-order valence-electron chi connectivity index (χ0n) is 19.4. The largest absolute Gasteiger partial charge is 0.340 e. The molecule has 0 spiro atoms. The van der Waals surface area contributed by atoms with Crippen molar-refractivity contribution in [2.24, 2.45) is 18.5 Å². The van der Waals surface area contributed by atoms with Crippen LogP contribution in [0.5, 0.6) is 0 Å². The minimum Gasteiger partial charge on any atom is -0.340 e. The van der Waals surface area contributed by atoms with E-state index in [1.165, 1.54) is 10.8 Å². The van der Waals surface area contributed by atoms with E-state index in [1.807, 2.05) is 17.9 Å². The van der Waals surface area contributed by atoms with Crippen molar-refractivity contribution in [3.05, 3.63) is 57.0 Å². The van der Waals surface area contributed by atoms with Gasteiger partial charge in [0, 0.05) is 44.8 Å². The van der Waals surface area contributed by atoms with Gasteiger partial charge in [-0.05, 0) is 30.9 Å². The minimum absolute atomic E-state index is 0.00392. The molecule has 0 saturated carbocycles. The van der Waals surface area contributed by atoms with Crippen LogP contribution in [0.15, 0.2) is 40.2 Å². The molecule has 1 aliphatic rings. The van der Waals surface area contributed by atoms with Crippen LogP contribution < -0.4 is 27.6 Å². The monoisotopic (exact) mass is 466 g/mol. The normalized spacial score (nSPS) is 17.5. The van der Waals surface area contributed by atoms with Gasteiger partial charge in [-0.3, -0.25) is 28.3 Å². The standard InChI is InChI=1S/C23H30N8O3/c1-3-4-11-30-19-20(27-22(30)29-10-6-8-16(24)13-29)28(2)23(34)31(21(19)33)14-17(32)18(25)15-7-5-9-26-12-15/h4-5,7,9,11-12,16,18H,3,6,8,10,13-14,24-25H2,1-2H3/b11-4+. The van der Waals surface area contributed by atoms with E-state index in [0.29, 0.717) is 18.1 Å². The number of aromatic nitrogens is 5. The van der Waals surface area contributed by atoms with Gasteiger partial charge in [0.15, 0.2) is 16.9 Å². The molecule has 1 saturated heterocycles. The number of carbonyl (C=O) groups is 1. The number of aryl methyl sites for hydroxylation is 1. The number of rotatable bonds is 7. The summed E-state index contributed by atoms with van der Waals surface area (Å²) in [5, 5.41) is 0. The van der Waals surface area contributed by atoms with Gasteiger partial charge in [-0.2, -0.15) is 4.98 Å². The highest BCUT2D eigenvalue weighted by molar-refractivity contribution is 5.85. The molecule has 0 bridgehead atoms. The first-order valence-electron chi connectivity index (χ1n) is 11.4. The molecular weight excluding hydrogens is 436 g/mol. The van der Waals surface area contributed by atoms with Crippen LogP contribution in [0.2, 0.25) is 0 Å². The van der Waals surface area contributed by atoms with Gasteiger partial charge in [0.1, 0.15) is 0 Å². The molecule has 3 aromatic rings. The molecule has 1 fully saturated rings. The first-order valence-corrected chi connectivity index (χ1v) is 11.4. The molecule has 34 heavy (non-hydrogen) atoms. The SMILES string of the molecule is CC/C=C/n1c(N2CCCC(N)C2)nc2c1c(=O)n(CC(=O)C(N)c1cccnc1)c(=O)n2C. The molecule has 0 amide bonds. The van der Waals surface area contributed by atoms with Gasteiger partial charge in [0.2, 0.25) is 5.95 Å². The fraction of sp³-hybridized carbons (Fsp3) is 0.435. The molecule has 1 aliphatic heterocycles. The zero-order chi connectivity index (χ0) is 24.4. The molecule has 0 aromatic carbocycles. The summed E-state index contributed by atoms with van der Waals surface area (Å²) in [6, 6.07) is 2.35. The second kappa shape index (κ2) is 9.74. The lowest BCUT2D eigenvalue weighted by molar-refractivity contribution is -0.121. The Labute approximate surface area is 196 Å². The summed E-state index contributed by atoms with van der Waals surface area (Å²) in [4.78, 5) is 50.2. The lowest BCUT2D eigenvalue weighted by atomic mass is 10.1. The van der Waals surface area contributed by atoms with E-state index in [1.54, 1.807) is 36.1 Å². The maximum Gasteiger partial charge on any atom is 0.332 e. The maximum atomic E-state index is 13.5. The zero-order valence-corrected chi connectivity index (χ0v) is 19.4. The number of fused-ring (bicyclic) bond motifs is 1. The topological polar surface area (TPSA) is 147 Å². The Kier molecular flexibility index (Phi) is 6.75. The predicted octanol–water partition coefficient (Wildman–Crippen LogP) is 0.369. The molecule has 180 valence electrons. The third kappa shape index (κ3) is 4.31. The number of hydrogen-bond acceptors (Lipinski definition) is 8. The summed E-state index contributed by atoms with van der Waals surface area (Å²) in [6.07, 6.45) is 9.34. The number of anilines is 1. The van der Waals surface area contributed by atoms with E-state index in [0.717, 1.165) is 30.4 Å². The van der Waals surface area contributed by atoms with E-state index < -0.39 is 29.6 Å². The van der Waals surface area contributed by atoms with Crippen molar-refractivity contribution in [2.45, 2.75) is 44.8 Å². The molecule has 4 rings (SSSR count). The van der Waals surface area contributed by atoms with Gasteiger partial charge < -0.3 is 16.4 Å². The highest BCUT2D eigenvalue weighted by Crippen LogP contribution is 2.23. The number of ketones is 1. The molecular formula is C23H30N8O3. The van der Waals surface area contributed by atoms with E-state index in [2.05, 4.69) is 9.97 Å². The van der Waals surface area contributed by atoms with Crippen molar-refractivity contribution in [2.75, 3.05) is 18.0 Å². The van der Waals surface area contributed by atoms with Crippen molar-refractivity contribution >= 4 is 29.1 Å². The number of nitrogens with zero attached hydrogens (tertiary/aromatic N) is 6. The smallest absolute Gasteiger partial charge is 0.332 e. The summed E-state index contributed by atoms with van der Waals surface area (Å²) < 4.78 is 3.91. The van der Waals surface area contributed by atoms with Gasteiger partial charge in [0.25, 0.3) is 5.56 Å². The Morgan fingerprint density at radius 2 is 2.15 bits per heavy atom. The number of carbonyl (C=O) groups excluding carboxylic acids is 1. The van der Waals surface area contributed by atoms with Crippen LogP contribution in [0.3, 0.4) is 0 Å². The van der Waals surface area contributed by atoms with Crippen molar-refractivity contribution in [1.29, 1.82) is 0 Å². The lowest BCUT2D eigenvalue weighted by Gasteiger charge is -2.31. The first kappa shape index (κ1) is 23.6. The fourth-order valence-electron chi connectivity index (χ4n) is 4.23. The summed E-state index contributed by atoms with van der Waals surface area (Å²) >= 11 is 0. The predicted molar refractivity (Wildman–Crippen MR) is 130 cm³/mol. The number of imidazole rings is 1. The second-order valence-electron chi connectivity index (χ2n) is 8.56. The highest BCUT2D eigenvalue weighted by Gasteiger charge is 2.27. The molecule has 3 aromatic heterocycles. The van der Waals surface area contributed by atoms with E-state index in [-0.39, 0.29) is 17.2 Å². The number of piperidine rings is 1. The van der Waals surface area contributed by atoms with Crippen molar-refractivity contribution in [3.8, 4) is 0 Å². The fourth-order valence-corrected chi connectivity index (χ4v) is 4.23. The molecule has 4 N–H and O–H groups in total. The Hall–Kier alpha value is -3.57. The maximum absolute atomic E-state index is 13.5. The van der Waals surface area contributed by atoms with Gasteiger partial charge in [-0.25, -0.2) is 4.79 Å². The van der Waals surface area contributed by atoms with Crippen LogP contribution in [0.25, 0.3) is 17.4 Å². The average molecular weight is 467 g/mol. The number of pyridine rings is 1. The van der Waals surface area contributed by atoms with E-state index >= 15 is 0 Å². The van der Waals surface area contributed by atoms with Crippen molar-refractivity contribution in [1.82, 2.24) is 23.7 Å². The Bertz CT molecular complexity index is 1340. The lowest BCUT2D eigenvalue weighted by Crippen LogP contribution is -2.44. The molecule has 2 unspecified atom stereocenters. The van der Waals surface area contributed by atoms with Gasteiger partial charge in [0.05, 0.1) is 12.6 Å². The summed E-state index contributed by atoms with van der Waals surface area (Å²) in [7, 11) is 1.54. The van der Waals surface area contributed by atoms with Crippen LogP contribution in [0, 0.1) is 0 Å². The Morgan fingerprint density at radius 1 is 1.35 bits per heavy atom. The molecule has 4 heterocycles. The number of nitrogens with two attached hydrogens (primary N) is 2. The van der Waals surface area contributed by atoms with Crippen LogP contribution in [-0.4, -0.2) is 48.6 Å². The molecule has 11 heteroatoms. The number of allylic oxidation sites excluding steroid dienone is 1. The third-order valence-electron chi connectivity index (χ3n) is 6.09. The first-order chi connectivity index (χ1) is 16.3. The summed E-state index contributed by atoms with van der Waals surface area (Å²) in [5.41, 5.74) is 12.0. The molecule has 2 atom stereocenters. The minimum atomic E-state index is -1.00. The van der Waals surface area contributed by atoms with E-state index in [9.17, 15) is 14.4 Å². The Morgan fingerprint density at radius 3 is 2.82 bits per heavy atom. The van der Waals surface area contributed by atoms with Crippen LogP contribution in [0.1, 0.15) is 37.8 Å². The van der Waals surface area contributed by atoms with Gasteiger partial charge in [-0.15, -0.1) is 0 Å². The second-order valence-corrected chi connectivity index (χ2v) is 8.56. The van der Waals surface area contributed by atoms with Crippen molar-refractivity contribution in [3.63, 3.8) is 0 Å². The molecule has 11 nitrogen and oxygen atoms in total. The van der Waals surface area contributed by atoms with Crippen LogP contribution in [0.4, 0.5) is 5.95 Å². The highest BCUT2D eigenvalue weighted by atomic mass is 16.2. The van der Waals surface area contributed by atoms with Crippen molar-refractivity contribution < 1.29 is 4.79 Å². The van der Waals surface area contributed by atoms with Crippen LogP contribution in [-0.2, 0) is 18.4 Å². The van der Waals surface area contributed by atoms with Gasteiger partial charge in [-0.1, -0.05) is 19.1 Å².